The molecule has 1 aliphatic carbocycles. The molecule has 10 heavy (non-hydrogen) atoms. The molecule has 1 rings (SSSR count). The second-order valence-corrected chi connectivity index (χ2v) is 2.98. The molecule has 0 aliphatic heterocycles. The fourth-order valence-electron chi connectivity index (χ4n) is 1.49. The molecule has 0 aromatic carbocycles. The highest BCUT2D eigenvalue weighted by Gasteiger charge is 2.22. The minimum atomic E-state index is 0.0891. The zero-order valence-electron chi connectivity index (χ0n) is 6.25. The number of rotatable bonds is 2. The summed E-state index contributed by atoms with van der Waals surface area (Å²) in [6, 6.07) is 0. The van der Waals surface area contributed by atoms with Crippen LogP contribution in [0.15, 0.2) is 5.34 Å². The Kier molecular flexibility index (Phi) is 2.66. The van der Waals surface area contributed by atoms with Crippen molar-refractivity contribution in [1.82, 2.24) is 0 Å². The predicted molar refractivity (Wildman–Crippen MR) is 38.3 cm³/mol. The molecule has 58 valence electrons. The summed E-state index contributed by atoms with van der Waals surface area (Å²) in [4.78, 5) is 14.4. The number of nitrogens with zero attached hydrogens (tertiary/aromatic N) is 1. The molecule has 0 heterocycles. The molecule has 2 atom stereocenters. The smallest absolute Gasteiger partial charge is 0.155 e. The summed E-state index contributed by atoms with van der Waals surface area (Å²) >= 11 is 0. The van der Waals surface area contributed by atoms with Crippen molar-refractivity contribution in [3.63, 3.8) is 0 Å². The summed E-state index contributed by atoms with van der Waals surface area (Å²) < 4.78 is 0. The first-order valence-electron chi connectivity index (χ1n) is 3.83. The van der Waals surface area contributed by atoms with Crippen molar-refractivity contribution < 1.29 is 4.84 Å². The molecule has 1 fully saturated rings. The summed E-state index contributed by atoms with van der Waals surface area (Å²) in [5.41, 5.74) is 0. The maximum atomic E-state index is 9.75. The van der Waals surface area contributed by atoms with Crippen molar-refractivity contribution in [2.24, 2.45) is 11.3 Å². The Labute approximate surface area is 60.7 Å². The third-order valence-corrected chi connectivity index (χ3v) is 2.21. The van der Waals surface area contributed by atoms with Crippen LogP contribution in [-0.4, -0.2) is 6.10 Å². The van der Waals surface area contributed by atoms with Crippen molar-refractivity contribution in [3.05, 3.63) is 4.91 Å². The van der Waals surface area contributed by atoms with E-state index in [0.717, 1.165) is 6.42 Å². The van der Waals surface area contributed by atoms with Gasteiger partial charge in [0.2, 0.25) is 0 Å². The molecule has 0 radical (unpaired) electrons. The van der Waals surface area contributed by atoms with Gasteiger partial charge >= 0.3 is 0 Å². The van der Waals surface area contributed by atoms with Crippen LogP contribution in [-0.2, 0) is 4.84 Å². The summed E-state index contributed by atoms with van der Waals surface area (Å²) in [6.07, 6.45) is 4.68. The maximum Gasteiger partial charge on any atom is 0.155 e. The van der Waals surface area contributed by atoms with E-state index in [9.17, 15) is 4.91 Å². The standard InChI is InChI=1S/C7H13NO2/c1-6-4-2-3-5-7(6)10-8-9/h6-7H,2-5H2,1H3. The fraction of sp³-hybridized carbons (Fsp3) is 1.00. The molecule has 1 aliphatic rings. The van der Waals surface area contributed by atoms with E-state index in [2.05, 4.69) is 17.1 Å². The summed E-state index contributed by atoms with van der Waals surface area (Å²) in [7, 11) is 0. The topological polar surface area (TPSA) is 38.7 Å². The van der Waals surface area contributed by atoms with Gasteiger partial charge in [0.05, 0.1) is 0 Å². The van der Waals surface area contributed by atoms with Gasteiger partial charge in [0, 0.05) is 0 Å². The average molecular weight is 143 g/mol. The maximum absolute atomic E-state index is 9.75. The first-order valence-corrected chi connectivity index (χ1v) is 3.83. The molecule has 3 heteroatoms. The molecular formula is C7H13NO2. The molecule has 1 saturated carbocycles. The minimum absolute atomic E-state index is 0.0891. The van der Waals surface area contributed by atoms with E-state index in [1.165, 1.54) is 19.3 Å². The third kappa shape index (κ3) is 1.69. The van der Waals surface area contributed by atoms with Crippen molar-refractivity contribution >= 4 is 0 Å². The monoisotopic (exact) mass is 143 g/mol. The molecule has 0 N–H and O–H groups in total. The normalized spacial score (nSPS) is 33.3. The van der Waals surface area contributed by atoms with E-state index in [1.54, 1.807) is 0 Å². The molecule has 3 nitrogen and oxygen atoms in total. The van der Waals surface area contributed by atoms with Gasteiger partial charge in [0.25, 0.3) is 0 Å². The van der Waals surface area contributed by atoms with E-state index >= 15 is 0 Å². The summed E-state index contributed by atoms with van der Waals surface area (Å²) in [5.74, 6) is 0.506. The highest BCUT2D eigenvalue weighted by Crippen LogP contribution is 2.26. The molecule has 0 spiro atoms. The molecular weight excluding hydrogens is 130 g/mol. The molecule has 0 amide bonds. The second kappa shape index (κ2) is 3.54. The Morgan fingerprint density at radius 2 is 2.10 bits per heavy atom. The molecule has 0 bridgehead atoms. The number of hydrogen-bond acceptors (Lipinski definition) is 3. The van der Waals surface area contributed by atoms with Gasteiger partial charge in [-0.25, -0.2) is 0 Å². The molecule has 0 aromatic heterocycles. The fourth-order valence-corrected chi connectivity index (χ4v) is 1.49. The first-order chi connectivity index (χ1) is 4.84. The quantitative estimate of drug-likeness (QED) is 0.439. The molecule has 0 saturated heterocycles. The Morgan fingerprint density at radius 1 is 1.40 bits per heavy atom. The zero-order valence-corrected chi connectivity index (χ0v) is 6.25. The van der Waals surface area contributed by atoms with Crippen molar-refractivity contribution in [2.45, 2.75) is 38.7 Å². The van der Waals surface area contributed by atoms with Gasteiger partial charge < -0.3 is 4.84 Å². The zero-order chi connectivity index (χ0) is 7.40. The Morgan fingerprint density at radius 3 is 2.70 bits per heavy atom. The van der Waals surface area contributed by atoms with Crippen LogP contribution in [0.25, 0.3) is 0 Å². The lowest BCUT2D eigenvalue weighted by atomic mass is 9.88. The van der Waals surface area contributed by atoms with Crippen LogP contribution in [0.2, 0.25) is 0 Å². The lowest BCUT2D eigenvalue weighted by Gasteiger charge is -2.24. The van der Waals surface area contributed by atoms with Gasteiger partial charge in [-0.05, 0) is 25.2 Å². The van der Waals surface area contributed by atoms with E-state index < -0.39 is 0 Å². The van der Waals surface area contributed by atoms with Gasteiger partial charge in [0.15, 0.2) is 5.34 Å². The Hall–Kier alpha value is -0.600. The van der Waals surface area contributed by atoms with Crippen LogP contribution in [0.4, 0.5) is 0 Å². The van der Waals surface area contributed by atoms with E-state index in [1.807, 2.05) is 0 Å². The first kappa shape index (κ1) is 7.51. The SMILES string of the molecule is CC1CCCCC1ON=O. The van der Waals surface area contributed by atoms with Crippen LogP contribution in [0, 0.1) is 10.8 Å². The van der Waals surface area contributed by atoms with Gasteiger partial charge in [-0.3, -0.25) is 0 Å². The van der Waals surface area contributed by atoms with E-state index in [4.69, 9.17) is 0 Å². The number of hydrogen-bond donors (Lipinski definition) is 0. The largest absolute Gasteiger partial charge is 0.360 e. The van der Waals surface area contributed by atoms with Crippen LogP contribution in [0.5, 0.6) is 0 Å². The van der Waals surface area contributed by atoms with Crippen molar-refractivity contribution in [1.29, 1.82) is 0 Å². The average Bonchev–Trinajstić information content (AvgIpc) is 1.94. The lowest BCUT2D eigenvalue weighted by Crippen LogP contribution is -2.23. The molecule has 0 aromatic rings. The van der Waals surface area contributed by atoms with Gasteiger partial charge in [-0.2, -0.15) is 0 Å². The highest BCUT2D eigenvalue weighted by molar-refractivity contribution is 4.71. The molecule has 2 unspecified atom stereocenters. The van der Waals surface area contributed by atoms with Crippen LogP contribution in [0.1, 0.15) is 32.6 Å². The Bertz CT molecular complexity index is 116. The minimum Gasteiger partial charge on any atom is -0.360 e. The summed E-state index contributed by atoms with van der Waals surface area (Å²) in [6.45, 7) is 2.11. The Balaban J connectivity index is 2.32. The lowest BCUT2D eigenvalue weighted by molar-refractivity contribution is -0.00447. The second-order valence-electron chi connectivity index (χ2n) is 2.98. The van der Waals surface area contributed by atoms with Crippen LogP contribution in [0.3, 0.4) is 0 Å². The highest BCUT2D eigenvalue weighted by atomic mass is 16.7. The van der Waals surface area contributed by atoms with Crippen molar-refractivity contribution in [2.75, 3.05) is 0 Å². The van der Waals surface area contributed by atoms with E-state index in [0.29, 0.717) is 5.92 Å². The van der Waals surface area contributed by atoms with Crippen molar-refractivity contribution in [3.8, 4) is 0 Å². The van der Waals surface area contributed by atoms with Crippen LogP contribution < -0.4 is 0 Å². The van der Waals surface area contributed by atoms with Gasteiger partial charge in [-0.15, -0.1) is 4.91 Å². The van der Waals surface area contributed by atoms with Gasteiger partial charge in [-0.1, -0.05) is 13.3 Å². The van der Waals surface area contributed by atoms with Gasteiger partial charge in [0.1, 0.15) is 6.10 Å². The summed E-state index contributed by atoms with van der Waals surface area (Å²) in [5, 5.41) is 2.46. The predicted octanol–water partition coefficient (Wildman–Crippen LogP) is 2.26. The third-order valence-electron chi connectivity index (χ3n) is 2.21. The van der Waals surface area contributed by atoms with E-state index in [-0.39, 0.29) is 6.10 Å². The van der Waals surface area contributed by atoms with Crippen LogP contribution >= 0.6 is 0 Å².